The maximum atomic E-state index is 12.8. The zero-order valence-corrected chi connectivity index (χ0v) is 8.74. The Morgan fingerprint density at radius 1 is 1.47 bits per heavy atom. The van der Waals surface area contributed by atoms with E-state index in [-0.39, 0.29) is 12.1 Å². The summed E-state index contributed by atoms with van der Waals surface area (Å²) < 4.78 is 18.2. The fourth-order valence-electron chi connectivity index (χ4n) is 2.05. The number of halogens is 1. The van der Waals surface area contributed by atoms with E-state index in [1.54, 1.807) is 19.2 Å². The number of pyridine rings is 1. The van der Waals surface area contributed by atoms with Crippen molar-refractivity contribution in [2.45, 2.75) is 31.4 Å². The molecule has 0 bridgehead atoms. The molecule has 4 heteroatoms. The van der Waals surface area contributed by atoms with Crippen LogP contribution in [0.5, 0.6) is 0 Å². The van der Waals surface area contributed by atoms with Gasteiger partial charge in [0.25, 0.3) is 0 Å². The Kier molecular flexibility index (Phi) is 3.16. The van der Waals surface area contributed by atoms with Gasteiger partial charge < -0.3 is 10.1 Å². The van der Waals surface area contributed by atoms with Crippen LogP contribution in [0.15, 0.2) is 18.2 Å². The van der Waals surface area contributed by atoms with Gasteiger partial charge in [-0.1, -0.05) is 6.07 Å². The molecule has 82 valence electrons. The number of anilines is 1. The molecular weight excluding hydrogens is 195 g/mol. The van der Waals surface area contributed by atoms with Crippen LogP contribution in [-0.4, -0.2) is 24.2 Å². The molecule has 1 aliphatic carbocycles. The Bertz CT molecular complexity index is 332. The van der Waals surface area contributed by atoms with Crippen LogP contribution in [-0.2, 0) is 4.74 Å². The van der Waals surface area contributed by atoms with E-state index < -0.39 is 5.95 Å². The van der Waals surface area contributed by atoms with Crippen molar-refractivity contribution in [1.82, 2.24) is 4.98 Å². The van der Waals surface area contributed by atoms with E-state index in [0.29, 0.717) is 5.82 Å². The summed E-state index contributed by atoms with van der Waals surface area (Å²) in [5.41, 5.74) is 0. The van der Waals surface area contributed by atoms with Gasteiger partial charge in [-0.25, -0.2) is 4.98 Å². The number of ether oxygens (including phenoxy) is 1. The van der Waals surface area contributed by atoms with Crippen molar-refractivity contribution < 1.29 is 9.13 Å². The lowest BCUT2D eigenvalue weighted by molar-refractivity contribution is 0.101. The normalized spacial score (nSPS) is 25.5. The predicted molar refractivity (Wildman–Crippen MR) is 56.3 cm³/mol. The quantitative estimate of drug-likeness (QED) is 0.776. The monoisotopic (exact) mass is 210 g/mol. The third kappa shape index (κ3) is 2.45. The third-order valence-electron chi connectivity index (χ3n) is 2.80. The number of aromatic nitrogens is 1. The lowest BCUT2D eigenvalue weighted by atomic mass is 10.2. The van der Waals surface area contributed by atoms with Gasteiger partial charge in [-0.05, 0) is 31.4 Å². The molecule has 2 rings (SSSR count). The van der Waals surface area contributed by atoms with Crippen molar-refractivity contribution in [2.24, 2.45) is 0 Å². The van der Waals surface area contributed by atoms with Crippen LogP contribution < -0.4 is 5.32 Å². The van der Waals surface area contributed by atoms with Gasteiger partial charge in [-0.15, -0.1) is 0 Å². The molecule has 1 saturated carbocycles. The Morgan fingerprint density at radius 2 is 2.33 bits per heavy atom. The number of methoxy groups -OCH3 is 1. The Hall–Kier alpha value is -1.16. The first-order valence-corrected chi connectivity index (χ1v) is 5.21. The minimum Gasteiger partial charge on any atom is -0.379 e. The highest BCUT2D eigenvalue weighted by Crippen LogP contribution is 2.24. The van der Waals surface area contributed by atoms with Crippen LogP contribution >= 0.6 is 0 Å². The minimum absolute atomic E-state index is 0.218. The first-order valence-electron chi connectivity index (χ1n) is 5.21. The molecule has 1 fully saturated rings. The number of rotatable bonds is 3. The van der Waals surface area contributed by atoms with Gasteiger partial charge in [-0.3, -0.25) is 0 Å². The summed E-state index contributed by atoms with van der Waals surface area (Å²) in [7, 11) is 1.71. The fourth-order valence-corrected chi connectivity index (χ4v) is 2.05. The first kappa shape index (κ1) is 10.4. The molecule has 0 spiro atoms. The van der Waals surface area contributed by atoms with E-state index in [2.05, 4.69) is 10.3 Å². The summed E-state index contributed by atoms with van der Waals surface area (Å²) >= 11 is 0. The van der Waals surface area contributed by atoms with Gasteiger partial charge in [-0.2, -0.15) is 4.39 Å². The molecule has 1 aliphatic rings. The second-order valence-corrected chi connectivity index (χ2v) is 3.80. The fraction of sp³-hybridized carbons (Fsp3) is 0.545. The molecule has 2 atom stereocenters. The van der Waals surface area contributed by atoms with E-state index >= 15 is 0 Å². The molecule has 2 unspecified atom stereocenters. The third-order valence-corrected chi connectivity index (χ3v) is 2.80. The highest BCUT2D eigenvalue weighted by Gasteiger charge is 2.27. The minimum atomic E-state index is -0.452. The number of nitrogens with one attached hydrogen (secondary N) is 1. The van der Waals surface area contributed by atoms with E-state index in [1.807, 2.05) is 0 Å². The van der Waals surface area contributed by atoms with Gasteiger partial charge >= 0.3 is 0 Å². The lowest BCUT2D eigenvalue weighted by Crippen LogP contribution is -2.30. The molecule has 1 aromatic heterocycles. The molecule has 0 saturated heterocycles. The van der Waals surface area contributed by atoms with Crippen molar-refractivity contribution in [2.75, 3.05) is 12.4 Å². The van der Waals surface area contributed by atoms with Crippen molar-refractivity contribution >= 4 is 5.82 Å². The molecule has 0 aromatic carbocycles. The van der Waals surface area contributed by atoms with Gasteiger partial charge in [0, 0.05) is 7.11 Å². The SMILES string of the molecule is COC1CCCC1Nc1cccc(F)n1. The predicted octanol–water partition coefficient (Wildman–Crippen LogP) is 2.20. The topological polar surface area (TPSA) is 34.1 Å². The molecule has 1 aromatic rings. The summed E-state index contributed by atoms with van der Waals surface area (Å²) in [6, 6.07) is 5.02. The zero-order valence-electron chi connectivity index (χ0n) is 8.74. The number of nitrogens with zero attached hydrogens (tertiary/aromatic N) is 1. The van der Waals surface area contributed by atoms with Crippen molar-refractivity contribution in [3.63, 3.8) is 0 Å². The van der Waals surface area contributed by atoms with Crippen LogP contribution in [0.3, 0.4) is 0 Å². The van der Waals surface area contributed by atoms with E-state index in [9.17, 15) is 4.39 Å². The highest BCUT2D eigenvalue weighted by atomic mass is 19.1. The zero-order chi connectivity index (χ0) is 10.7. The van der Waals surface area contributed by atoms with Crippen LogP contribution in [0.25, 0.3) is 0 Å². The molecule has 0 radical (unpaired) electrons. The largest absolute Gasteiger partial charge is 0.379 e. The second kappa shape index (κ2) is 4.57. The Balaban J connectivity index is 2.02. The van der Waals surface area contributed by atoms with E-state index in [0.717, 1.165) is 19.3 Å². The molecule has 15 heavy (non-hydrogen) atoms. The summed E-state index contributed by atoms with van der Waals surface area (Å²) in [6.07, 6.45) is 3.47. The Morgan fingerprint density at radius 3 is 3.07 bits per heavy atom. The molecular formula is C11H15FN2O. The molecule has 1 N–H and O–H groups in total. The smallest absolute Gasteiger partial charge is 0.214 e. The molecule has 3 nitrogen and oxygen atoms in total. The Labute approximate surface area is 88.7 Å². The van der Waals surface area contributed by atoms with Gasteiger partial charge in [0.15, 0.2) is 0 Å². The number of hydrogen-bond donors (Lipinski definition) is 1. The van der Waals surface area contributed by atoms with Gasteiger partial charge in [0.1, 0.15) is 5.82 Å². The van der Waals surface area contributed by atoms with E-state index in [1.165, 1.54) is 6.07 Å². The lowest BCUT2D eigenvalue weighted by Gasteiger charge is -2.19. The van der Waals surface area contributed by atoms with Crippen molar-refractivity contribution in [1.29, 1.82) is 0 Å². The molecule has 0 aliphatic heterocycles. The molecule has 0 amide bonds. The van der Waals surface area contributed by atoms with Crippen LogP contribution in [0, 0.1) is 5.95 Å². The van der Waals surface area contributed by atoms with Crippen LogP contribution in [0.1, 0.15) is 19.3 Å². The van der Waals surface area contributed by atoms with Crippen LogP contribution in [0.4, 0.5) is 10.2 Å². The van der Waals surface area contributed by atoms with E-state index in [4.69, 9.17) is 4.74 Å². The average molecular weight is 210 g/mol. The molecule has 1 heterocycles. The maximum absolute atomic E-state index is 12.8. The summed E-state index contributed by atoms with van der Waals surface area (Å²) in [5, 5.41) is 3.21. The van der Waals surface area contributed by atoms with Gasteiger partial charge in [0.2, 0.25) is 5.95 Å². The van der Waals surface area contributed by atoms with Crippen molar-refractivity contribution in [3.05, 3.63) is 24.1 Å². The maximum Gasteiger partial charge on any atom is 0.214 e. The average Bonchev–Trinajstić information content (AvgIpc) is 2.65. The summed E-state index contributed by atoms with van der Waals surface area (Å²) in [4.78, 5) is 3.77. The summed E-state index contributed by atoms with van der Waals surface area (Å²) in [5.74, 6) is 0.135. The van der Waals surface area contributed by atoms with Crippen LogP contribution in [0.2, 0.25) is 0 Å². The summed E-state index contributed by atoms with van der Waals surface area (Å²) in [6.45, 7) is 0. The first-order chi connectivity index (χ1) is 7.29. The standard InChI is InChI=1S/C11H15FN2O/c1-15-9-5-2-4-8(9)13-11-7-3-6-10(12)14-11/h3,6-9H,2,4-5H2,1H3,(H,13,14). The highest BCUT2D eigenvalue weighted by molar-refractivity contribution is 5.35. The van der Waals surface area contributed by atoms with Crippen molar-refractivity contribution in [3.8, 4) is 0 Å². The van der Waals surface area contributed by atoms with Gasteiger partial charge in [0.05, 0.1) is 12.1 Å². The second-order valence-electron chi connectivity index (χ2n) is 3.80. The number of hydrogen-bond acceptors (Lipinski definition) is 3.